The van der Waals surface area contributed by atoms with Gasteiger partial charge in [0.1, 0.15) is 23.6 Å². The maximum absolute atomic E-state index is 13.6. The van der Waals surface area contributed by atoms with Gasteiger partial charge in [0.15, 0.2) is 5.57 Å². The molecular weight excluding hydrogens is 414 g/mol. The second kappa shape index (κ2) is 11.2. The summed E-state index contributed by atoms with van der Waals surface area (Å²) in [6.45, 7) is 4.73. The van der Waals surface area contributed by atoms with Gasteiger partial charge in [-0.05, 0) is 44.2 Å². The van der Waals surface area contributed by atoms with Crippen LogP contribution in [0.5, 0.6) is 11.5 Å². The first-order valence-electron chi connectivity index (χ1n) is 10.5. The normalized spacial score (nSPS) is 12.7. The van der Waals surface area contributed by atoms with Crippen LogP contribution in [-0.4, -0.2) is 23.9 Å². The molecule has 0 fully saturated rings. The van der Waals surface area contributed by atoms with E-state index in [0.29, 0.717) is 41.5 Å². The predicted molar refractivity (Wildman–Crippen MR) is 126 cm³/mol. The maximum Gasteiger partial charge on any atom is 0.209 e. The Morgan fingerprint density at radius 3 is 2.39 bits per heavy atom. The molecule has 1 aliphatic rings. The summed E-state index contributed by atoms with van der Waals surface area (Å²) in [4.78, 5) is 15.2. The highest BCUT2D eigenvalue weighted by Crippen LogP contribution is 2.31. The van der Waals surface area contributed by atoms with Crippen LogP contribution in [0.4, 0.5) is 0 Å². The highest BCUT2D eigenvalue weighted by molar-refractivity contribution is 6.11. The molecule has 164 valence electrons. The van der Waals surface area contributed by atoms with Crippen LogP contribution in [-0.2, 0) is 0 Å². The molecular formula is C27H23N3O3. The van der Waals surface area contributed by atoms with Gasteiger partial charge in [-0.2, -0.15) is 10.5 Å². The first-order chi connectivity index (χ1) is 16.1. The molecule has 0 bridgehead atoms. The number of allylic oxidation sites excluding steroid dienone is 5. The van der Waals surface area contributed by atoms with Crippen molar-refractivity contribution in [1.29, 1.82) is 10.5 Å². The fraction of sp³-hybridized carbons (Fsp3) is 0.148. The molecule has 1 aliphatic heterocycles. The van der Waals surface area contributed by atoms with Gasteiger partial charge in [0.05, 0.1) is 24.6 Å². The summed E-state index contributed by atoms with van der Waals surface area (Å²) < 4.78 is 11.4. The molecule has 0 saturated heterocycles. The molecule has 0 aliphatic carbocycles. The second-order valence-corrected chi connectivity index (χ2v) is 6.84. The summed E-state index contributed by atoms with van der Waals surface area (Å²) >= 11 is 0. The molecule has 2 aromatic rings. The Morgan fingerprint density at radius 2 is 1.73 bits per heavy atom. The number of carbonyl (C=O) groups is 1. The number of rotatable bonds is 8. The lowest BCUT2D eigenvalue weighted by Gasteiger charge is -2.26. The van der Waals surface area contributed by atoms with Crippen molar-refractivity contribution in [3.05, 3.63) is 101 Å². The lowest BCUT2D eigenvalue weighted by Crippen LogP contribution is -2.24. The molecule has 0 spiro atoms. The topological polar surface area (TPSA) is 86.4 Å². The Morgan fingerprint density at radius 1 is 1.00 bits per heavy atom. The van der Waals surface area contributed by atoms with Gasteiger partial charge < -0.3 is 14.4 Å². The van der Waals surface area contributed by atoms with E-state index in [0.717, 1.165) is 0 Å². The molecule has 0 amide bonds. The largest absolute Gasteiger partial charge is 0.494 e. The first-order valence-corrected chi connectivity index (χ1v) is 10.5. The molecule has 0 N–H and O–H groups in total. The van der Waals surface area contributed by atoms with Gasteiger partial charge in [-0.3, -0.25) is 4.79 Å². The number of ketones is 1. The molecule has 0 unspecified atom stereocenters. The zero-order valence-corrected chi connectivity index (χ0v) is 18.5. The maximum atomic E-state index is 13.6. The SMILES string of the molecule is CCOc1ccc(/C=C(/C(=O)c2ccccc2)N2C=CC=CC2=C(C#N)C#N)c(OCC)c1. The van der Waals surface area contributed by atoms with Gasteiger partial charge in [0, 0.05) is 23.4 Å². The molecule has 6 heteroatoms. The monoisotopic (exact) mass is 437 g/mol. The standard InChI is InChI=1S/C27H23N3O3/c1-3-32-23-14-13-21(26(17-23)33-4-2)16-25(27(31)20-10-6-5-7-11-20)30-15-9-8-12-24(30)22(18-28)19-29/h5-17H,3-4H2,1-2H3/b25-16-. The minimum absolute atomic E-state index is 0.0981. The summed E-state index contributed by atoms with van der Waals surface area (Å²) in [5, 5.41) is 18.9. The number of hydrogen-bond acceptors (Lipinski definition) is 6. The van der Waals surface area contributed by atoms with Crippen molar-refractivity contribution in [3.63, 3.8) is 0 Å². The number of nitriles is 2. The van der Waals surface area contributed by atoms with Crippen molar-refractivity contribution in [1.82, 2.24) is 4.90 Å². The van der Waals surface area contributed by atoms with E-state index in [4.69, 9.17) is 9.47 Å². The zero-order chi connectivity index (χ0) is 23.6. The van der Waals surface area contributed by atoms with Crippen LogP contribution in [0.2, 0.25) is 0 Å². The van der Waals surface area contributed by atoms with Crippen molar-refractivity contribution in [2.24, 2.45) is 0 Å². The van der Waals surface area contributed by atoms with E-state index in [-0.39, 0.29) is 17.1 Å². The fourth-order valence-corrected chi connectivity index (χ4v) is 3.30. The lowest BCUT2D eigenvalue weighted by molar-refractivity contribution is 0.101. The fourth-order valence-electron chi connectivity index (χ4n) is 3.30. The van der Waals surface area contributed by atoms with E-state index in [2.05, 4.69) is 0 Å². The number of benzene rings is 2. The first kappa shape index (κ1) is 23.1. The van der Waals surface area contributed by atoms with Crippen LogP contribution in [0.25, 0.3) is 6.08 Å². The number of carbonyl (C=O) groups excluding carboxylic acids is 1. The average Bonchev–Trinajstić information content (AvgIpc) is 2.85. The molecule has 0 aromatic heterocycles. The molecule has 3 rings (SSSR count). The van der Waals surface area contributed by atoms with Gasteiger partial charge in [-0.1, -0.05) is 36.4 Å². The Labute approximate surface area is 193 Å². The van der Waals surface area contributed by atoms with Crippen molar-refractivity contribution in [3.8, 4) is 23.6 Å². The van der Waals surface area contributed by atoms with Gasteiger partial charge in [0.2, 0.25) is 5.78 Å². The third kappa shape index (κ3) is 5.39. The third-order valence-corrected chi connectivity index (χ3v) is 4.76. The molecule has 2 aromatic carbocycles. The van der Waals surface area contributed by atoms with Crippen LogP contribution in [0, 0.1) is 22.7 Å². The van der Waals surface area contributed by atoms with E-state index in [1.807, 2.05) is 38.1 Å². The number of hydrogen-bond donors (Lipinski definition) is 0. The molecule has 6 nitrogen and oxygen atoms in total. The predicted octanol–water partition coefficient (Wildman–Crippen LogP) is 5.39. The molecule has 1 heterocycles. The van der Waals surface area contributed by atoms with Crippen LogP contribution in [0.1, 0.15) is 29.8 Å². The number of Topliss-reactive ketones (excluding diaryl/α,β-unsaturated/α-hetero) is 1. The van der Waals surface area contributed by atoms with Gasteiger partial charge in [-0.15, -0.1) is 0 Å². The van der Waals surface area contributed by atoms with Crippen molar-refractivity contribution >= 4 is 11.9 Å². The molecule has 0 atom stereocenters. The third-order valence-electron chi connectivity index (χ3n) is 4.76. The van der Waals surface area contributed by atoms with Gasteiger partial charge in [-0.25, -0.2) is 0 Å². The minimum Gasteiger partial charge on any atom is -0.494 e. The van der Waals surface area contributed by atoms with E-state index in [1.165, 1.54) is 0 Å². The summed E-state index contributed by atoms with van der Waals surface area (Å²) in [6.07, 6.45) is 8.45. The Balaban J connectivity index is 2.22. The van der Waals surface area contributed by atoms with Gasteiger partial charge >= 0.3 is 0 Å². The smallest absolute Gasteiger partial charge is 0.209 e. The lowest BCUT2D eigenvalue weighted by atomic mass is 10.0. The van der Waals surface area contributed by atoms with Crippen LogP contribution in [0.3, 0.4) is 0 Å². The minimum atomic E-state index is -0.264. The Hall–Kier alpha value is -4.55. The summed E-state index contributed by atoms with van der Waals surface area (Å²) in [5.41, 5.74) is 1.63. The van der Waals surface area contributed by atoms with E-state index >= 15 is 0 Å². The molecule has 0 saturated carbocycles. The molecule has 33 heavy (non-hydrogen) atoms. The Bertz CT molecular complexity index is 1210. The second-order valence-electron chi connectivity index (χ2n) is 6.84. The van der Waals surface area contributed by atoms with Gasteiger partial charge in [0.25, 0.3) is 0 Å². The quantitative estimate of drug-likeness (QED) is 0.312. The van der Waals surface area contributed by atoms with Crippen LogP contribution < -0.4 is 9.47 Å². The number of nitrogens with zero attached hydrogens (tertiary/aromatic N) is 3. The Kier molecular flexibility index (Phi) is 7.83. The van der Waals surface area contributed by atoms with E-state index < -0.39 is 0 Å². The zero-order valence-electron chi connectivity index (χ0n) is 18.5. The average molecular weight is 437 g/mol. The summed E-state index contributed by atoms with van der Waals surface area (Å²) in [7, 11) is 0. The summed E-state index contributed by atoms with van der Waals surface area (Å²) in [6, 6.07) is 18.1. The highest BCUT2D eigenvalue weighted by Gasteiger charge is 2.24. The van der Waals surface area contributed by atoms with E-state index in [1.54, 1.807) is 71.8 Å². The van der Waals surface area contributed by atoms with Crippen molar-refractivity contribution in [2.75, 3.05) is 13.2 Å². The van der Waals surface area contributed by atoms with E-state index in [9.17, 15) is 15.3 Å². The van der Waals surface area contributed by atoms with Crippen LogP contribution >= 0.6 is 0 Å². The highest BCUT2D eigenvalue weighted by atomic mass is 16.5. The van der Waals surface area contributed by atoms with Crippen LogP contribution in [0.15, 0.2) is 89.9 Å². The van der Waals surface area contributed by atoms with Crippen molar-refractivity contribution in [2.45, 2.75) is 13.8 Å². The number of ether oxygens (including phenoxy) is 2. The molecule has 0 radical (unpaired) electrons. The summed E-state index contributed by atoms with van der Waals surface area (Å²) in [5.74, 6) is 0.955. The van der Waals surface area contributed by atoms with Crippen molar-refractivity contribution < 1.29 is 14.3 Å².